The second-order valence-corrected chi connectivity index (χ2v) is 9.92. The Morgan fingerprint density at radius 1 is 1.10 bits per heavy atom. The first-order chi connectivity index (χ1) is 14.9. The highest BCUT2D eigenvalue weighted by Crippen LogP contribution is 2.43. The van der Waals surface area contributed by atoms with E-state index in [-0.39, 0.29) is 6.04 Å². The van der Waals surface area contributed by atoms with Gasteiger partial charge in [-0.15, -0.1) is 0 Å². The third-order valence-electron chi connectivity index (χ3n) is 7.26. The average Bonchev–Trinajstić information content (AvgIpc) is 3.28. The molecule has 1 saturated carbocycles. The van der Waals surface area contributed by atoms with Gasteiger partial charge in [-0.2, -0.15) is 0 Å². The van der Waals surface area contributed by atoms with Crippen molar-refractivity contribution >= 4 is 11.1 Å². The molecule has 1 aromatic heterocycles. The van der Waals surface area contributed by atoms with E-state index in [9.17, 15) is 0 Å². The Bertz CT molecular complexity index is 1040. The van der Waals surface area contributed by atoms with Crippen molar-refractivity contribution in [3.63, 3.8) is 0 Å². The number of nitrogens with one attached hydrogen (secondary N) is 1. The quantitative estimate of drug-likeness (QED) is 0.653. The number of benzene rings is 1. The van der Waals surface area contributed by atoms with Crippen LogP contribution in [0.2, 0.25) is 0 Å². The summed E-state index contributed by atoms with van der Waals surface area (Å²) in [6.07, 6.45) is 13.6. The summed E-state index contributed by atoms with van der Waals surface area (Å²) in [4.78, 5) is 2.52. The maximum absolute atomic E-state index is 5.45. The van der Waals surface area contributed by atoms with Crippen LogP contribution < -0.4 is 5.32 Å². The largest absolute Gasteiger partial charge is 0.378 e. The third-order valence-corrected chi connectivity index (χ3v) is 7.26. The van der Waals surface area contributed by atoms with Crippen LogP contribution in [0.1, 0.15) is 67.2 Å². The van der Waals surface area contributed by atoms with E-state index >= 15 is 0 Å². The van der Waals surface area contributed by atoms with E-state index in [4.69, 9.17) is 4.52 Å². The van der Waals surface area contributed by atoms with Gasteiger partial charge in [-0.3, -0.25) is 0 Å². The lowest BCUT2D eigenvalue weighted by Crippen LogP contribution is -2.37. The van der Waals surface area contributed by atoms with Gasteiger partial charge in [0.05, 0.1) is 11.7 Å². The second-order valence-electron chi connectivity index (χ2n) is 9.92. The Kier molecular flexibility index (Phi) is 5.04. The van der Waals surface area contributed by atoms with Gasteiger partial charge in [0.25, 0.3) is 0 Å². The molecular formula is C27H33N3O. The molecule has 3 heterocycles. The van der Waals surface area contributed by atoms with E-state index in [0.717, 1.165) is 29.1 Å². The van der Waals surface area contributed by atoms with Crippen molar-refractivity contribution in [2.45, 2.75) is 65.8 Å². The van der Waals surface area contributed by atoms with E-state index in [1.165, 1.54) is 54.5 Å². The van der Waals surface area contributed by atoms with Gasteiger partial charge in [0, 0.05) is 41.4 Å². The molecule has 2 aromatic rings. The van der Waals surface area contributed by atoms with Gasteiger partial charge in [-0.05, 0) is 50.7 Å². The zero-order chi connectivity index (χ0) is 21.6. The summed E-state index contributed by atoms with van der Waals surface area (Å²) < 4.78 is 5.45. The van der Waals surface area contributed by atoms with Crippen LogP contribution in [0.3, 0.4) is 0 Å². The molecule has 3 aliphatic rings. The molecule has 1 aromatic carbocycles. The lowest BCUT2D eigenvalue weighted by molar-refractivity contribution is 0.169. The van der Waals surface area contributed by atoms with Gasteiger partial charge in [-0.1, -0.05) is 61.2 Å². The lowest BCUT2D eigenvalue weighted by Gasteiger charge is -2.38. The van der Waals surface area contributed by atoms with Crippen molar-refractivity contribution in [2.24, 2.45) is 5.41 Å². The van der Waals surface area contributed by atoms with Gasteiger partial charge in [0.15, 0.2) is 0 Å². The Morgan fingerprint density at radius 3 is 2.52 bits per heavy atom. The lowest BCUT2D eigenvalue weighted by atomic mass is 9.75. The predicted molar refractivity (Wildman–Crippen MR) is 126 cm³/mol. The minimum Gasteiger partial charge on any atom is -0.378 e. The van der Waals surface area contributed by atoms with Crippen LogP contribution >= 0.6 is 0 Å². The van der Waals surface area contributed by atoms with Crippen LogP contribution in [0, 0.1) is 26.2 Å². The second kappa shape index (κ2) is 7.74. The molecule has 0 amide bonds. The van der Waals surface area contributed by atoms with Crippen LogP contribution in [-0.2, 0) is 0 Å². The fourth-order valence-corrected chi connectivity index (χ4v) is 5.50. The number of dihydropyridines is 1. The highest BCUT2D eigenvalue weighted by Gasteiger charge is 2.37. The molecule has 0 radical (unpaired) electrons. The number of hydrogen-bond acceptors (Lipinski definition) is 4. The molecule has 1 N–H and O–H groups in total. The Labute approximate surface area is 185 Å². The van der Waals surface area contributed by atoms with Gasteiger partial charge in [0.2, 0.25) is 0 Å². The summed E-state index contributed by atoms with van der Waals surface area (Å²) in [5, 5.41) is 7.88. The third kappa shape index (κ3) is 3.73. The molecule has 0 saturated heterocycles. The van der Waals surface area contributed by atoms with Gasteiger partial charge >= 0.3 is 0 Å². The van der Waals surface area contributed by atoms with Crippen molar-refractivity contribution in [1.29, 1.82) is 0 Å². The summed E-state index contributed by atoms with van der Waals surface area (Å²) in [5.74, 6) is 0.872. The number of hydrogen-bond donors (Lipinski definition) is 1. The topological polar surface area (TPSA) is 41.3 Å². The zero-order valence-corrected chi connectivity index (χ0v) is 19.2. The summed E-state index contributed by atoms with van der Waals surface area (Å²) in [7, 11) is 0. The van der Waals surface area contributed by atoms with Crippen molar-refractivity contribution in [1.82, 2.24) is 15.4 Å². The molecule has 31 heavy (non-hydrogen) atoms. The van der Waals surface area contributed by atoms with E-state index in [1.807, 2.05) is 13.8 Å². The fourth-order valence-electron chi connectivity index (χ4n) is 5.50. The molecule has 0 bridgehead atoms. The molecule has 1 fully saturated rings. The van der Waals surface area contributed by atoms with Gasteiger partial charge in [-0.25, -0.2) is 0 Å². The Hall–Kier alpha value is -2.75. The van der Waals surface area contributed by atoms with Crippen LogP contribution in [0.4, 0.5) is 0 Å². The molecule has 0 spiro atoms. The van der Waals surface area contributed by atoms with Crippen molar-refractivity contribution in [3.05, 3.63) is 76.6 Å². The highest BCUT2D eigenvalue weighted by atomic mass is 16.5. The molecule has 162 valence electrons. The first-order valence-electron chi connectivity index (χ1n) is 11.6. The molecule has 5 rings (SSSR count). The van der Waals surface area contributed by atoms with Gasteiger partial charge in [0.1, 0.15) is 5.76 Å². The van der Waals surface area contributed by atoms with E-state index in [0.29, 0.717) is 5.41 Å². The molecule has 1 aliphatic carbocycles. The first kappa shape index (κ1) is 20.2. The van der Waals surface area contributed by atoms with Crippen molar-refractivity contribution < 1.29 is 4.52 Å². The summed E-state index contributed by atoms with van der Waals surface area (Å²) in [6.45, 7) is 9.70. The summed E-state index contributed by atoms with van der Waals surface area (Å²) in [5.41, 5.74) is 8.83. The average molecular weight is 416 g/mol. The fraction of sp³-hybridized carbons (Fsp3) is 0.444. The number of rotatable bonds is 4. The normalized spacial score (nSPS) is 22.4. The van der Waals surface area contributed by atoms with Crippen LogP contribution in [0.15, 0.2) is 53.0 Å². The van der Waals surface area contributed by atoms with E-state index < -0.39 is 0 Å². The van der Waals surface area contributed by atoms with Crippen LogP contribution in [-0.4, -0.2) is 22.6 Å². The smallest absolute Gasteiger partial charge is 0.141 e. The number of nitrogens with zero attached hydrogens (tertiary/aromatic N) is 2. The Balaban J connectivity index is 1.52. The minimum absolute atomic E-state index is 0.180. The number of aryl methyl sites for hydroxylation is 3. The predicted octanol–water partition coefficient (Wildman–Crippen LogP) is 6.12. The number of allylic oxidation sites excluding steroid dienone is 2. The molecule has 2 aliphatic heterocycles. The number of aromatic nitrogens is 1. The highest BCUT2D eigenvalue weighted by molar-refractivity contribution is 5.83. The molecule has 1 unspecified atom stereocenters. The zero-order valence-electron chi connectivity index (χ0n) is 19.2. The first-order valence-corrected chi connectivity index (χ1v) is 11.6. The molecule has 4 nitrogen and oxygen atoms in total. The monoisotopic (exact) mass is 415 g/mol. The van der Waals surface area contributed by atoms with Crippen LogP contribution in [0.5, 0.6) is 0 Å². The SMILES string of the molecule is Cc1ccc(C2=CN(CC3(C)CCCCC3)C3=CC(c4c(C)noc4C)=CNC23)cc1. The Morgan fingerprint density at radius 2 is 1.84 bits per heavy atom. The molecule has 1 atom stereocenters. The maximum atomic E-state index is 5.45. The van der Waals surface area contributed by atoms with Crippen molar-refractivity contribution in [3.8, 4) is 0 Å². The van der Waals surface area contributed by atoms with E-state index in [2.05, 4.69) is 72.0 Å². The van der Waals surface area contributed by atoms with Crippen molar-refractivity contribution in [2.75, 3.05) is 6.54 Å². The van der Waals surface area contributed by atoms with E-state index in [1.54, 1.807) is 0 Å². The minimum atomic E-state index is 0.180. The maximum Gasteiger partial charge on any atom is 0.141 e. The van der Waals surface area contributed by atoms with Crippen LogP contribution in [0.25, 0.3) is 11.1 Å². The molecule has 4 heteroatoms. The summed E-state index contributed by atoms with van der Waals surface area (Å²) >= 11 is 0. The summed E-state index contributed by atoms with van der Waals surface area (Å²) in [6, 6.07) is 9.09. The standard InChI is InChI=1S/C27H33N3O/c1-18-8-10-21(11-9-18)23-16-30(17-27(4)12-6-5-7-13-27)24-14-22(15-28-26(23)24)25-19(2)29-31-20(25)3/h8-11,14-16,26,28H,5-7,12-13,17H2,1-4H3. The van der Waals surface area contributed by atoms with Gasteiger partial charge < -0.3 is 14.7 Å². The molecular weight excluding hydrogens is 382 g/mol. The number of fused-ring (bicyclic) bond motifs is 1.